The first kappa shape index (κ1) is 11.0. The van der Waals surface area contributed by atoms with Crippen LogP contribution < -0.4 is 9.47 Å². The summed E-state index contributed by atoms with van der Waals surface area (Å²) in [7, 11) is 0. The van der Waals surface area contributed by atoms with Crippen LogP contribution in [0.4, 0.5) is 4.39 Å². The first-order chi connectivity index (χ1) is 7.52. The molecule has 0 radical (unpaired) electrons. The number of fused-ring (bicyclic) bond motifs is 1. The zero-order chi connectivity index (χ0) is 11.9. The molecule has 1 heterocycles. The Balaban J connectivity index is 2.63. The van der Waals surface area contributed by atoms with E-state index in [4.69, 9.17) is 26.2 Å². The highest BCUT2D eigenvalue weighted by Gasteiger charge is 2.31. The number of hydrogen-bond acceptors (Lipinski definition) is 4. The van der Waals surface area contributed by atoms with Crippen molar-refractivity contribution in [1.82, 2.24) is 0 Å². The molecule has 1 aromatic carbocycles. The maximum absolute atomic E-state index is 13.6. The van der Waals surface area contributed by atoms with Crippen LogP contribution in [0.15, 0.2) is 6.07 Å². The molecule has 0 bridgehead atoms. The Morgan fingerprint density at radius 1 is 1.56 bits per heavy atom. The smallest absolute Gasteiger partial charge is 0.337 e. The Morgan fingerprint density at radius 3 is 2.88 bits per heavy atom. The SMILES string of the molecule is O=C(O)C(O)c1c(F)c(Cl)cc2c1OCO2. The van der Waals surface area contributed by atoms with E-state index < -0.39 is 23.5 Å². The van der Waals surface area contributed by atoms with Crippen molar-refractivity contribution in [2.75, 3.05) is 6.79 Å². The summed E-state index contributed by atoms with van der Waals surface area (Å²) >= 11 is 5.53. The van der Waals surface area contributed by atoms with Crippen LogP contribution in [0.3, 0.4) is 0 Å². The lowest BCUT2D eigenvalue weighted by Gasteiger charge is -2.11. The molecular formula is C9H6ClFO5. The number of aliphatic hydroxyl groups is 1. The number of aliphatic carboxylic acids is 1. The van der Waals surface area contributed by atoms with E-state index in [0.29, 0.717) is 0 Å². The average Bonchev–Trinajstić information content (AvgIpc) is 2.66. The normalized spacial score (nSPS) is 14.9. The molecule has 1 aliphatic heterocycles. The molecule has 5 nitrogen and oxygen atoms in total. The van der Waals surface area contributed by atoms with Gasteiger partial charge in [0.15, 0.2) is 23.4 Å². The molecule has 0 fully saturated rings. The first-order valence-electron chi connectivity index (χ1n) is 4.20. The van der Waals surface area contributed by atoms with Gasteiger partial charge in [0.25, 0.3) is 0 Å². The zero-order valence-corrected chi connectivity index (χ0v) is 8.49. The molecule has 0 amide bonds. The van der Waals surface area contributed by atoms with Crippen molar-refractivity contribution in [2.45, 2.75) is 6.10 Å². The van der Waals surface area contributed by atoms with Gasteiger partial charge >= 0.3 is 5.97 Å². The highest BCUT2D eigenvalue weighted by molar-refractivity contribution is 6.31. The number of carbonyl (C=O) groups is 1. The van der Waals surface area contributed by atoms with E-state index >= 15 is 0 Å². The average molecular weight is 249 g/mol. The molecule has 0 saturated heterocycles. The Labute approximate surface area is 94.0 Å². The number of benzene rings is 1. The Hall–Kier alpha value is -1.53. The maximum Gasteiger partial charge on any atom is 0.337 e. The predicted molar refractivity (Wildman–Crippen MR) is 50.1 cm³/mol. The van der Waals surface area contributed by atoms with E-state index in [9.17, 15) is 14.3 Å². The van der Waals surface area contributed by atoms with E-state index in [-0.39, 0.29) is 23.3 Å². The van der Waals surface area contributed by atoms with Crippen LogP contribution in [0.25, 0.3) is 0 Å². The van der Waals surface area contributed by atoms with Crippen molar-refractivity contribution in [1.29, 1.82) is 0 Å². The molecule has 16 heavy (non-hydrogen) atoms. The largest absolute Gasteiger partial charge is 0.479 e. The second kappa shape index (κ2) is 3.80. The standard InChI is InChI=1S/C9H6ClFO5/c10-3-1-4-8(16-2-15-4)5(6(3)11)7(12)9(13)14/h1,7,12H,2H2,(H,13,14). The van der Waals surface area contributed by atoms with E-state index in [2.05, 4.69) is 0 Å². The predicted octanol–water partition coefficient (Wildman–Crippen LogP) is 1.33. The van der Waals surface area contributed by atoms with Crippen molar-refractivity contribution in [3.63, 3.8) is 0 Å². The van der Waals surface area contributed by atoms with Gasteiger partial charge in [0.1, 0.15) is 0 Å². The third-order valence-electron chi connectivity index (χ3n) is 2.10. The van der Waals surface area contributed by atoms with Crippen molar-refractivity contribution >= 4 is 17.6 Å². The highest BCUT2D eigenvalue weighted by Crippen LogP contribution is 2.43. The minimum Gasteiger partial charge on any atom is -0.479 e. The molecule has 1 atom stereocenters. The minimum absolute atomic E-state index is 0.113. The van der Waals surface area contributed by atoms with Gasteiger partial charge in [0.2, 0.25) is 6.79 Å². The number of hydrogen-bond donors (Lipinski definition) is 2. The van der Waals surface area contributed by atoms with Gasteiger partial charge in [0, 0.05) is 6.07 Å². The summed E-state index contributed by atoms with van der Waals surface area (Å²) in [4.78, 5) is 10.6. The summed E-state index contributed by atoms with van der Waals surface area (Å²) in [6.45, 7) is -0.172. The zero-order valence-electron chi connectivity index (χ0n) is 7.74. The quantitative estimate of drug-likeness (QED) is 0.826. The van der Waals surface area contributed by atoms with Crippen LogP contribution in [0.5, 0.6) is 11.5 Å². The van der Waals surface area contributed by atoms with Gasteiger partial charge < -0.3 is 19.7 Å². The van der Waals surface area contributed by atoms with E-state index in [0.717, 1.165) is 6.07 Å². The van der Waals surface area contributed by atoms with Crippen molar-refractivity contribution in [3.8, 4) is 11.5 Å². The Bertz CT molecular complexity index is 462. The molecule has 2 rings (SSSR count). The van der Waals surface area contributed by atoms with Gasteiger partial charge in [-0.2, -0.15) is 0 Å². The van der Waals surface area contributed by atoms with Crippen LogP contribution in [0.2, 0.25) is 5.02 Å². The monoisotopic (exact) mass is 248 g/mol. The second-order valence-electron chi connectivity index (χ2n) is 3.06. The molecule has 1 aliphatic rings. The molecule has 0 aromatic heterocycles. The summed E-state index contributed by atoms with van der Waals surface area (Å²) < 4.78 is 23.4. The number of rotatable bonds is 2. The molecule has 1 unspecified atom stereocenters. The second-order valence-corrected chi connectivity index (χ2v) is 3.47. The number of halogens is 2. The minimum atomic E-state index is -2.05. The summed E-state index contributed by atoms with van der Waals surface area (Å²) in [5, 5.41) is 17.6. The summed E-state index contributed by atoms with van der Waals surface area (Å²) in [5.74, 6) is -2.64. The van der Waals surface area contributed by atoms with Crippen LogP contribution in [-0.4, -0.2) is 23.0 Å². The summed E-state index contributed by atoms with van der Waals surface area (Å²) in [6, 6.07) is 1.16. The fraction of sp³-hybridized carbons (Fsp3) is 0.222. The van der Waals surface area contributed by atoms with E-state index in [1.54, 1.807) is 0 Å². The Kier molecular flexibility index (Phi) is 2.61. The van der Waals surface area contributed by atoms with E-state index in [1.807, 2.05) is 0 Å². The third-order valence-corrected chi connectivity index (χ3v) is 2.37. The Morgan fingerprint density at radius 2 is 2.25 bits per heavy atom. The summed E-state index contributed by atoms with van der Waals surface area (Å²) in [6.07, 6.45) is -2.05. The summed E-state index contributed by atoms with van der Waals surface area (Å²) in [5.41, 5.74) is -0.521. The van der Waals surface area contributed by atoms with E-state index in [1.165, 1.54) is 0 Å². The van der Waals surface area contributed by atoms with Crippen molar-refractivity contribution in [2.24, 2.45) is 0 Å². The molecular weight excluding hydrogens is 243 g/mol. The number of carboxylic acids is 1. The van der Waals surface area contributed by atoms with Crippen LogP contribution in [0, 0.1) is 5.82 Å². The van der Waals surface area contributed by atoms with Crippen molar-refractivity contribution < 1.29 is 28.9 Å². The third kappa shape index (κ3) is 1.56. The van der Waals surface area contributed by atoms with Gasteiger partial charge in [-0.25, -0.2) is 9.18 Å². The molecule has 7 heteroatoms. The number of carboxylic acid groups (broad SMARTS) is 1. The topological polar surface area (TPSA) is 76.0 Å². The van der Waals surface area contributed by atoms with Crippen LogP contribution in [-0.2, 0) is 4.79 Å². The van der Waals surface area contributed by atoms with Crippen LogP contribution >= 0.6 is 11.6 Å². The van der Waals surface area contributed by atoms with Gasteiger partial charge in [-0.1, -0.05) is 11.6 Å². The lowest BCUT2D eigenvalue weighted by molar-refractivity contribution is -0.147. The van der Waals surface area contributed by atoms with Gasteiger partial charge in [0.05, 0.1) is 10.6 Å². The first-order valence-corrected chi connectivity index (χ1v) is 4.58. The number of aliphatic hydroxyl groups excluding tert-OH is 1. The lowest BCUT2D eigenvalue weighted by atomic mass is 10.1. The number of ether oxygens (including phenoxy) is 2. The lowest BCUT2D eigenvalue weighted by Crippen LogP contribution is -2.13. The molecule has 0 spiro atoms. The molecule has 0 saturated carbocycles. The van der Waals surface area contributed by atoms with Crippen molar-refractivity contribution in [3.05, 3.63) is 22.5 Å². The van der Waals surface area contributed by atoms with Gasteiger partial charge in [-0.15, -0.1) is 0 Å². The fourth-order valence-electron chi connectivity index (χ4n) is 1.38. The highest BCUT2D eigenvalue weighted by atomic mass is 35.5. The molecule has 0 aliphatic carbocycles. The molecule has 1 aromatic rings. The fourth-order valence-corrected chi connectivity index (χ4v) is 1.58. The van der Waals surface area contributed by atoms with Gasteiger partial charge in [-0.05, 0) is 0 Å². The van der Waals surface area contributed by atoms with Gasteiger partial charge in [-0.3, -0.25) is 0 Å². The molecule has 86 valence electrons. The molecule has 2 N–H and O–H groups in total. The maximum atomic E-state index is 13.6. The van der Waals surface area contributed by atoms with Crippen LogP contribution in [0.1, 0.15) is 11.7 Å².